The number of rotatable bonds is 7. The van der Waals surface area contributed by atoms with Crippen LogP contribution < -0.4 is 5.32 Å². The van der Waals surface area contributed by atoms with Gasteiger partial charge in [-0.2, -0.15) is 0 Å². The number of nitrogens with one attached hydrogen (secondary N) is 1. The minimum absolute atomic E-state index is 0.326. The van der Waals surface area contributed by atoms with E-state index in [9.17, 15) is 9.90 Å². The summed E-state index contributed by atoms with van der Waals surface area (Å²) < 4.78 is 0. The molecule has 0 heterocycles. The third kappa shape index (κ3) is 3.98. The average Bonchev–Trinajstić information content (AvgIpc) is 3.18. The first-order valence-corrected chi connectivity index (χ1v) is 7.69. The number of carbonyl (C=O) groups is 1. The molecule has 0 spiro atoms. The van der Waals surface area contributed by atoms with Gasteiger partial charge in [0.05, 0.1) is 0 Å². The van der Waals surface area contributed by atoms with Gasteiger partial charge in [-0.15, -0.1) is 0 Å². The lowest BCUT2D eigenvalue weighted by Gasteiger charge is -2.32. The molecule has 0 aromatic heterocycles. The SMILES string of the molecule is CCCCC(NC1CCCC(C2CC2)C1)C(=O)O. The van der Waals surface area contributed by atoms with Gasteiger partial charge in [-0.05, 0) is 43.9 Å². The zero-order chi connectivity index (χ0) is 13.0. The van der Waals surface area contributed by atoms with Gasteiger partial charge in [0.1, 0.15) is 6.04 Å². The minimum Gasteiger partial charge on any atom is -0.480 e. The number of unbranched alkanes of at least 4 members (excludes halogenated alkanes) is 1. The van der Waals surface area contributed by atoms with Gasteiger partial charge < -0.3 is 10.4 Å². The van der Waals surface area contributed by atoms with Gasteiger partial charge in [-0.25, -0.2) is 0 Å². The van der Waals surface area contributed by atoms with Crippen LogP contribution in [0, 0.1) is 11.8 Å². The molecule has 2 aliphatic rings. The van der Waals surface area contributed by atoms with Crippen molar-refractivity contribution >= 4 is 5.97 Å². The van der Waals surface area contributed by atoms with Crippen LogP contribution in [-0.2, 0) is 4.79 Å². The van der Waals surface area contributed by atoms with E-state index in [0.29, 0.717) is 6.04 Å². The monoisotopic (exact) mass is 253 g/mol. The van der Waals surface area contributed by atoms with Crippen LogP contribution in [0.25, 0.3) is 0 Å². The van der Waals surface area contributed by atoms with E-state index in [1.54, 1.807) is 0 Å². The van der Waals surface area contributed by atoms with Crippen molar-refractivity contribution in [3.8, 4) is 0 Å². The average molecular weight is 253 g/mol. The molecule has 2 fully saturated rings. The van der Waals surface area contributed by atoms with E-state index in [2.05, 4.69) is 12.2 Å². The van der Waals surface area contributed by atoms with E-state index in [0.717, 1.165) is 31.1 Å². The molecule has 2 saturated carbocycles. The molecular weight excluding hydrogens is 226 g/mol. The van der Waals surface area contributed by atoms with Crippen LogP contribution in [0.15, 0.2) is 0 Å². The Balaban J connectivity index is 1.79. The van der Waals surface area contributed by atoms with Gasteiger partial charge in [-0.1, -0.05) is 32.6 Å². The highest BCUT2D eigenvalue weighted by molar-refractivity contribution is 5.73. The molecule has 0 aliphatic heterocycles. The number of carboxylic acid groups (broad SMARTS) is 1. The maximum Gasteiger partial charge on any atom is 0.320 e. The van der Waals surface area contributed by atoms with E-state index >= 15 is 0 Å². The molecule has 2 rings (SSSR count). The van der Waals surface area contributed by atoms with Gasteiger partial charge in [-0.3, -0.25) is 4.79 Å². The van der Waals surface area contributed by atoms with Crippen LogP contribution in [0.2, 0.25) is 0 Å². The van der Waals surface area contributed by atoms with E-state index in [1.807, 2.05) is 0 Å². The van der Waals surface area contributed by atoms with Gasteiger partial charge in [0.25, 0.3) is 0 Å². The molecule has 0 aromatic rings. The third-order valence-corrected chi connectivity index (χ3v) is 4.58. The minimum atomic E-state index is -0.669. The van der Waals surface area contributed by atoms with Crippen molar-refractivity contribution in [1.29, 1.82) is 0 Å². The highest BCUT2D eigenvalue weighted by Gasteiger charge is 2.35. The zero-order valence-corrected chi connectivity index (χ0v) is 11.5. The quantitative estimate of drug-likeness (QED) is 0.732. The van der Waals surface area contributed by atoms with E-state index in [-0.39, 0.29) is 6.04 Å². The Bertz CT molecular complexity index is 276. The molecular formula is C15H27NO2. The van der Waals surface area contributed by atoms with E-state index in [1.165, 1.54) is 38.5 Å². The number of carboxylic acids is 1. The molecule has 104 valence electrons. The standard InChI is InChI=1S/C15H27NO2/c1-2-3-7-14(15(17)18)16-13-6-4-5-12(10-13)11-8-9-11/h11-14,16H,2-10H2,1H3,(H,17,18). The van der Waals surface area contributed by atoms with Crippen LogP contribution in [-0.4, -0.2) is 23.2 Å². The highest BCUT2D eigenvalue weighted by atomic mass is 16.4. The molecule has 2 aliphatic carbocycles. The fourth-order valence-electron chi connectivity index (χ4n) is 3.35. The first kappa shape index (κ1) is 13.9. The fourth-order valence-corrected chi connectivity index (χ4v) is 3.35. The zero-order valence-electron chi connectivity index (χ0n) is 11.5. The van der Waals surface area contributed by atoms with Crippen molar-refractivity contribution in [3.05, 3.63) is 0 Å². The second-order valence-corrected chi connectivity index (χ2v) is 6.16. The smallest absolute Gasteiger partial charge is 0.320 e. The lowest BCUT2D eigenvalue weighted by atomic mass is 9.82. The van der Waals surface area contributed by atoms with Crippen molar-refractivity contribution in [2.45, 2.75) is 76.8 Å². The highest BCUT2D eigenvalue weighted by Crippen LogP contribution is 2.43. The Morgan fingerprint density at radius 2 is 2.06 bits per heavy atom. The lowest BCUT2D eigenvalue weighted by molar-refractivity contribution is -0.140. The van der Waals surface area contributed by atoms with E-state index < -0.39 is 5.97 Å². The predicted octanol–water partition coefficient (Wildman–Crippen LogP) is 3.19. The summed E-state index contributed by atoms with van der Waals surface area (Å²) in [6.07, 6.45) is 10.7. The van der Waals surface area contributed by atoms with Gasteiger partial charge >= 0.3 is 5.97 Å². The Hall–Kier alpha value is -0.570. The second-order valence-electron chi connectivity index (χ2n) is 6.16. The predicted molar refractivity (Wildman–Crippen MR) is 72.6 cm³/mol. The van der Waals surface area contributed by atoms with Crippen LogP contribution >= 0.6 is 0 Å². The summed E-state index contributed by atoms with van der Waals surface area (Å²) in [6.45, 7) is 2.11. The van der Waals surface area contributed by atoms with Crippen molar-refractivity contribution in [3.63, 3.8) is 0 Å². The van der Waals surface area contributed by atoms with Crippen molar-refractivity contribution in [2.75, 3.05) is 0 Å². The number of hydrogen-bond donors (Lipinski definition) is 2. The summed E-state index contributed by atoms with van der Waals surface area (Å²) in [6, 6.07) is 0.121. The van der Waals surface area contributed by atoms with Crippen molar-refractivity contribution in [1.82, 2.24) is 5.32 Å². The number of hydrogen-bond acceptors (Lipinski definition) is 2. The largest absolute Gasteiger partial charge is 0.480 e. The summed E-state index contributed by atoms with van der Waals surface area (Å²) in [7, 11) is 0. The van der Waals surface area contributed by atoms with E-state index in [4.69, 9.17) is 0 Å². The Labute approximate surface area is 110 Å². The summed E-state index contributed by atoms with van der Waals surface area (Å²) in [5.41, 5.74) is 0. The topological polar surface area (TPSA) is 49.3 Å². The molecule has 2 N–H and O–H groups in total. The molecule has 3 nitrogen and oxygen atoms in total. The van der Waals surface area contributed by atoms with Crippen LogP contribution in [0.5, 0.6) is 0 Å². The maximum atomic E-state index is 11.2. The lowest BCUT2D eigenvalue weighted by Crippen LogP contribution is -2.45. The summed E-state index contributed by atoms with van der Waals surface area (Å²) in [5.74, 6) is 1.17. The molecule has 3 heteroatoms. The van der Waals surface area contributed by atoms with Gasteiger partial charge in [0.2, 0.25) is 0 Å². The summed E-state index contributed by atoms with van der Waals surface area (Å²) >= 11 is 0. The molecule has 0 radical (unpaired) electrons. The van der Waals surface area contributed by atoms with Gasteiger partial charge in [0, 0.05) is 6.04 Å². The molecule has 3 atom stereocenters. The Morgan fingerprint density at radius 3 is 2.67 bits per heavy atom. The number of aliphatic carboxylic acids is 1. The second kappa shape index (κ2) is 6.55. The first-order chi connectivity index (χ1) is 8.70. The third-order valence-electron chi connectivity index (χ3n) is 4.58. The molecule has 18 heavy (non-hydrogen) atoms. The Kier molecular flexibility index (Phi) is 5.04. The molecule has 0 saturated heterocycles. The fraction of sp³-hybridized carbons (Fsp3) is 0.933. The van der Waals surface area contributed by atoms with Crippen LogP contribution in [0.3, 0.4) is 0 Å². The van der Waals surface area contributed by atoms with Crippen LogP contribution in [0.1, 0.15) is 64.7 Å². The van der Waals surface area contributed by atoms with Crippen molar-refractivity contribution in [2.24, 2.45) is 11.8 Å². The van der Waals surface area contributed by atoms with Gasteiger partial charge in [0.15, 0.2) is 0 Å². The normalized spacial score (nSPS) is 30.1. The summed E-state index contributed by atoms with van der Waals surface area (Å²) in [4.78, 5) is 11.2. The molecule has 3 unspecified atom stereocenters. The van der Waals surface area contributed by atoms with Crippen LogP contribution in [0.4, 0.5) is 0 Å². The molecule has 0 bridgehead atoms. The first-order valence-electron chi connectivity index (χ1n) is 7.69. The Morgan fingerprint density at radius 1 is 1.28 bits per heavy atom. The molecule has 0 aromatic carbocycles. The van der Waals surface area contributed by atoms with Crippen molar-refractivity contribution < 1.29 is 9.90 Å². The summed E-state index contributed by atoms with van der Waals surface area (Å²) in [5, 5.41) is 12.7. The molecule has 0 amide bonds. The maximum absolute atomic E-state index is 11.2.